The van der Waals surface area contributed by atoms with Crippen LogP contribution in [0.5, 0.6) is 0 Å². The molecule has 2 aromatic rings. The quantitative estimate of drug-likeness (QED) is 0.261. The number of benzene rings is 1. The Hall–Kier alpha value is -4.64. The summed E-state index contributed by atoms with van der Waals surface area (Å²) in [7, 11) is 0. The number of aromatic nitrogens is 1. The topological polar surface area (TPSA) is 195 Å². The number of fused-ring (bicyclic) bond motifs is 1. The molecular formula is C19H17N9O5. The number of nitrogens with zero attached hydrogens (tertiary/aromatic N) is 8. The molecule has 1 aromatic carbocycles. The van der Waals surface area contributed by atoms with Crippen LogP contribution < -0.4 is 5.32 Å². The normalized spacial score (nSPS) is 13.9. The Bertz CT molecular complexity index is 1130. The average molecular weight is 451 g/mol. The Labute approximate surface area is 186 Å². The summed E-state index contributed by atoms with van der Waals surface area (Å²) in [6, 6.07) is 11.0. The fourth-order valence-corrected chi connectivity index (χ4v) is 2.88. The van der Waals surface area contributed by atoms with Gasteiger partial charge < -0.3 is 4.74 Å². The van der Waals surface area contributed by atoms with Crippen molar-refractivity contribution >= 4 is 23.7 Å². The largest absolute Gasteiger partial charge is 0.443 e. The number of hydroxylamine groups is 2. The van der Waals surface area contributed by atoms with E-state index in [2.05, 4.69) is 30.4 Å². The first-order valence-electron chi connectivity index (χ1n) is 9.45. The zero-order valence-corrected chi connectivity index (χ0v) is 17.3. The molecule has 14 nitrogen and oxygen atoms in total. The molecule has 1 aliphatic heterocycles. The minimum absolute atomic E-state index is 0.0957. The molecule has 0 atom stereocenters. The predicted molar refractivity (Wildman–Crippen MR) is 113 cm³/mol. The molecule has 0 radical (unpaired) electrons. The Morgan fingerprint density at radius 3 is 2.24 bits per heavy atom. The second kappa shape index (κ2) is 10.1. The maximum absolute atomic E-state index is 12.3. The van der Waals surface area contributed by atoms with Gasteiger partial charge in [-0.05, 0) is 42.3 Å². The van der Waals surface area contributed by atoms with Crippen molar-refractivity contribution in [2.75, 3.05) is 18.4 Å². The highest BCUT2D eigenvalue weighted by Crippen LogP contribution is 2.23. The van der Waals surface area contributed by atoms with E-state index in [1.54, 1.807) is 24.3 Å². The number of imide groups is 1. The van der Waals surface area contributed by atoms with E-state index in [4.69, 9.17) is 20.6 Å². The number of pyridine rings is 1. The van der Waals surface area contributed by atoms with Gasteiger partial charge in [0.1, 0.15) is 18.0 Å². The van der Waals surface area contributed by atoms with Crippen LogP contribution in [0.3, 0.4) is 0 Å². The van der Waals surface area contributed by atoms with Gasteiger partial charge in [-0.25, -0.2) is 9.78 Å². The summed E-state index contributed by atoms with van der Waals surface area (Å²) in [5.41, 5.74) is 16.4. The average Bonchev–Trinajstić information content (AvgIpc) is 3.05. The van der Waals surface area contributed by atoms with Gasteiger partial charge >= 0.3 is 6.09 Å². The number of ether oxygens (including phenoxy) is 1. The number of hydrogen-bond donors (Lipinski definition) is 1. The second-order valence-corrected chi connectivity index (χ2v) is 6.98. The SMILES string of the molecule is CC(CN=[N+]=[N-])(CN=[N+]=[N-])OC(=O)Nc1cccc(CON2C(=O)c3ccccc3C2=O)n1. The fourth-order valence-electron chi connectivity index (χ4n) is 2.88. The summed E-state index contributed by atoms with van der Waals surface area (Å²) in [5.74, 6) is -1.06. The molecule has 1 N–H and O–H groups in total. The van der Waals surface area contributed by atoms with Crippen LogP contribution in [0.25, 0.3) is 20.9 Å². The number of nitrogens with one attached hydrogen (secondary N) is 1. The van der Waals surface area contributed by atoms with Crippen LogP contribution >= 0.6 is 0 Å². The summed E-state index contributed by atoms with van der Waals surface area (Å²) in [5, 5.41) is 9.79. The van der Waals surface area contributed by atoms with Crippen molar-refractivity contribution in [3.8, 4) is 0 Å². The van der Waals surface area contributed by atoms with Gasteiger partial charge in [0.2, 0.25) is 0 Å². The van der Waals surface area contributed by atoms with Gasteiger partial charge in [-0.3, -0.25) is 19.7 Å². The van der Waals surface area contributed by atoms with Gasteiger partial charge in [-0.2, -0.15) is 0 Å². The van der Waals surface area contributed by atoms with E-state index in [1.807, 2.05) is 0 Å². The molecule has 168 valence electrons. The van der Waals surface area contributed by atoms with E-state index in [1.165, 1.54) is 25.1 Å². The standard InChI is InChI=1S/C19H17N9O5/c1-19(10-22-26-20,11-23-27-21)33-18(31)25-15-8-4-5-12(24-15)9-32-28-16(29)13-6-2-3-7-14(13)17(28)30/h2-8H,9-11H2,1H3,(H,24,25,31). The predicted octanol–water partition coefficient (Wildman–Crippen LogP) is 3.74. The molecule has 0 bridgehead atoms. The Balaban J connectivity index is 1.62. The van der Waals surface area contributed by atoms with E-state index in [0.717, 1.165) is 0 Å². The molecule has 14 heteroatoms. The lowest BCUT2D eigenvalue weighted by Crippen LogP contribution is -2.39. The van der Waals surface area contributed by atoms with Crippen molar-refractivity contribution in [3.05, 3.63) is 80.2 Å². The molecule has 1 aromatic heterocycles. The first-order chi connectivity index (χ1) is 15.9. The smallest absolute Gasteiger partial charge is 0.413 e. The van der Waals surface area contributed by atoms with Crippen molar-refractivity contribution in [1.82, 2.24) is 10.0 Å². The highest BCUT2D eigenvalue weighted by molar-refractivity contribution is 6.20. The maximum atomic E-state index is 12.3. The van der Waals surface area contributed by atoms with Crippen molar-refractivity contribution in [1.29, 1.82) is 0 Å². The van der Waals surface area contributed by atoms with Crippen LogP contribution in [0, 0.1) is 0 Å². The summed E-state index contributed by atoms with van der Waals surface area (Å²) in [6.45, 7) is 0.715. The molecule has 3 rings (SSSR count). The molecule has 0 saturated carbocycles. The molecular weight excluding hydrogens is 434 g/mol. The fraction of sp³-hybridized carbons (Fsp3) is 0.263. The summed E-state index contributed by atoms with van der Waals surface area (Å²) >= 11 is 0. The van der Waals surface area contributed by atoms with Gasteiger partial charge in [-0.15, -0.1) is 5.06 Å². The van der Waals surface area contributed by atoms with Crippen molar-refractivity contribution in [2.45, 2.75) is 19.1 Å². The summed E-state index contributed by atoms with van der Waals surface area (Å²) < 4.78 is 5.24. The Morgan fingerprint density at radius 2 is 1.67 bits per heavy atom. The third-order valence-electron chi connectivity index (χ3n) is 4.41. The van der Waals surface area contributed by atoms with Crippen LogP contribution in [0.4, 0.5) is 10.6 Å². The molecule has 3 amide bonds. The number of anilines is 1. The number of azide groups is 2. The van der Waals surface area contributed by atoms with Crippen LogP contribution in [0.15, 0.2) is 52.7 Å². The molecule has 0 spiro atoms. The molecule has 33 heavy (non-hydrogen) atoms. The first kappa shape index (κ1) is 23.0. The van der Waals surface area contributed by atoms with E-state index in [9.17, 15) is 14.4 Å². The first-order valence-corrected chi connectivity index (χ1v) is 9.45. The number of carbonyl (C=O) groups excluding carboxylic acids is 3. The van der Waals surface area contributed by atoms with Gasteiger partial charge in [0, 0.05) is 9.82 Å². The maximum Gasteiger partial charge on any atom is 0.413 e. The monoisotopic (exact) mass is 451 g/mol. The number of rotatable bonds is 9. The highest BCUT2D eigenvalue weighted by atomic mass is 16.7. The van der Waals surface area contributed by atoms with Crippen molar-refractivity contribution in [3.63, 3.8) is 0 Å². The Morgan fingerprint density at radius 1 is 1.06 bits per heavy atom. The third-order valence-corrected chi connectivity index (χ3v) is 4.41. The minimum atomic E-state index is -1.37. The lowest BCUT2D eigenvalue weighted by molar-refractivity contribution is -0.101. The minimum Gasteiger partial charge on any atom is -0.443 e. The van der Waals surface area contributed by atoms with Crippen molar-refractivity contribution in [2.24, 2.45) is 10.2 Å². The molecule has 1 aliphatic rings. The van der Waals surface area contributed by atoms with Gasteiger partial charge in [0.25, 0.3) is 11.8 Å². The molecule has 0 aliphatic carbocycles. The lowest BCUT2D eigenvalue weighted by Gasteiger charge is -2.26. The highest BCUT2D eigenvalue weighted by Gasteiger charge is 2.36. The zero-order chi connectivity index (χ0) is 23.8. The van der Waals surface area contributed by atoms with Gasteiger partial charge in [-0.1, -0.05) is 28.4 Å². The van der Waals surface area contributed by atoms with E-state index < -0.39 is 23.5 Å². The van der Waals surface area contributed by atoms with Crippen LogP contribution in [0.2, 0.25) is 0 Å². The van der Waals surface area contributed by atoms with E-state index in [0.29, 0.717) is 10.8 Å². The van der Waals surface area contributed by atoms with Crippen LogP contribution in [0.1, 0.15) is 33.3 Å². The molecule has 0 saturated heterocycles. The summed E-state index contributed by atoms with van der Waals surface area (Å²) in [6.07, 6.45) is -0.926. The number of hydrogen-bond acceptors (Lipinski definition) is 8. The van der Waals surface area contributed by atoms with E-state index >= 15 is 0 Å². The van der Waals surface area contributed by atoms with Crippen LogP contribution in [-0.4, -0.2) is 46.6 Å². The third kappa shape index (κ3) is 5.54. The Kier molecular flexibility index (Phi) is 7.06. The van der Waals surface area contributed by atoms with Crippen molar-refractivity contribution < 1.29 is 24.0 Å². The van der Waals surface area contributed by atoms with Gasteiger partial charge in [0.15, 0.2) is 0 Å². The second-order valence-electron chi connectivity index (χ2n) is 6.98. The summed E-state index contributed by atoms with van der Waals surface area (Å²) in [4.78, 5) is 51.7. The molecule has 2 heterocycles. The lowest BCUT2D eigenvalue weighted by atomic mass is 10.1. The number of amides is 3. The zero-order valence-electron chi connectivity index (χ0n) is 17.3. The number of carbonyl (C=O) groups is 3. The van der Waals surface area contributed by atoms with Crippen LogP contribution in [-0.2, 0) is 16.2 Å². The van der Waals surface area contributed by atoms with E-state index in [-0.39, 0.29) is 36.6 Å². The molecule has 0 fully saturated rings. The molecule has 0 unspecified atom stereocenters. The van der Waals surface area contributed by atoms with Gasteiger partial charge in [0.05, 0.1) is 29.9 Å².